The molecule has 1 atom stereocenters. The number of halogens is 1. The van der Waals surface area contributed by atoms with Crippen LogP contribution in [0.25, 0.3) is 0 Å². The minimum atomic E-state index is 0.351. The van der Waals surface area contributed by atoms with E-state index in [0.717, 1.165) is 16.6 Å². The number of methoxy groups -OCH3 is 1. The molecule has 0 heterocycles. The summed E-state index contributed by atoms with van der Waals surface area (Å²) < 4.78 is 6.43. The van der Waals surface area contributed by atoms with Crippen LogP contribution in [0.1, 0.15) is 37.7 Å². The van der Waals surface area contributed by atoms with Gasteiger partial charge >= 0.3 is 0 Å². The van der Waals surface area contributed by atoms with Gasteiger partial charge in [-0.1, -0.05) is 35.2 Å². The zero-order valence-electron chi connectivity index (χ0n) is 11.5. The second-order valence-corrected chi connectivity index (χ2v) is 6.19. The molecule has 19 heavy (non-hydrogen) atoms. The highest BCUT2D eigenvalue weighted by atomic mass is 79.9. The standard InChI is InChI=1S/C15H23BrN2O/c1-19-13-7-8-14(16)12(9-13)10-15(18-17)11-5-3-2-4-6-11/h7-9,11,15,18H,2-6,10,17H2,1H3. The van der Waals surface area contributed by atoms with Gasteiger partial charge < -0.3 is 4.74 Å². The molecule has 1 aromatic carbocycles. The van der Waals surface area contributed by atoms with Crippen molar-refractivity contribution in [3.8, 4) is 5.75 Å². The lowest BCUT2D eigenvalue weighted by Crippen LogP contribution is -2.43. The van der Waals surface area contributed by atoms with Crippen LogP contribution in [0.2, 0.25) is 0 Å². The molecular formula is C15H23BrN2O. The molecule has 3 N–H and O–H groups in total. The Balaban J connectivity index is 2.08. The maximum atomic E-state index is 5.78. The van der Waals surface area contributed by atoms with Gasteiger partial charge in [-0.3, -0.25) is 11.3 Å². The van der Waals surface area contributed by atoms with Crippen LogP contribution < -0.4 is 16.0 Å². The van der Waals surface area contributed by atoms with Gasteiger partial charge in [-0.05, 0) is 48.9 Å². The average Bonchev–Trinajstić information content (AvgIpc) is 2.47. The van der Waals surface area contributed by atoms with Gasteiger partial charge in [0, 0.05) is 10.5 Å². The molecule has 1 aliphatic carbocycles. The van der Waals surface area contributed by atoms with Crippen molar-refractivity contribution in [2.75, 3.05) is 7.11 Å². The van der Waals surface area contributed by atoms with Crippen molar-refractivity contribution < 1.29 is 4.74 Å². The molecule has 0 spiro atoms. The molecule has 0 amide bonds. The number of hydrogen-bond donors (Lipinski definition) is 2. The fourth-order valence-corrected chi connectivity index (χ4v) is 3.38. The first-order valence-corrected chi connectivity index (χ1v) is 7.82. The van der Waals surface area contributed by atoms with E-state index < -0.39 is 0 Å². The van der Waals surface area contributed by atoms with E-state index in [4.69, 9.17) is 10.6 Å². The molecule has 1 saturated carbocycles. The Morgan fingerprint density at radius 1 is 1.37 bits per heavy atom. The Morgan fingerprint density at radius 2 is 2.11 bits per heavy atom. The van der Waals surface area contributed by atoms with Crippen LogP contribution in [0.5, 0.6) is 5.75 Å². The molecule has 3 nitrogen and oxygen atoms in total. The van der Waals surface area contributed by atoms with Crippen LogP contribution in [-0.2, 0) is 6.42 Å². The molecule has 1 fully saturated rings. The van der Waals surface area contributed by atoms with Gasteiger partial charge in [-0.2, -0.15) is 0 Å². The van der Waals surface area contributed by atoms with Crippen LogP contribution >= 0.6 is 15.9 Å². The number of nitrogens with one attached hydrogen (secondary N) is 1. The molecule has 0 saturated heterocycles. The van der Waals surface area contributed by atoms with Crippen molar-refractivity contribution in [2.24, 2.45) is 11.8 Å². The summed E-state index contributed by atoms with van der Waals surface area (Å²) in [6.45, 7) is 0. The highest BCUT2D eigenvalue weighted by Gasteiger charge is 2.23. The van der Waals surface area contributed by atoms with E-state index in [1.54, 1.807) is 7.11 Å². The third-order valence-electron chi connectivity index (χ3n) is 4.13. The lowest BCUT2D eigenvalue weighted by atomic mass is 9.82. The van der Waals surface area contributed by atoms with Gasteiger partial charge in [-0.25, -0.2) is 0 Å². The summed E-state index contributed by atoms with van der Waals surface area (Å²) >= 11 is 3.62. The van der Waals surface area contributed by atoms with Crippen molar-refractivity contribution in [3.63, 3.8) is 0 Å². The van der Waals surface area contributed by atoms with Gasteiger partial charge in [0.2, 0.25) is 0 Å². The van der Waals surface area contributed by atoms with Crippen LogP contribution in [0.15, 0.2) is 22.7 Å². The first-order chi connectivity index (χ1) is 9.24. The number of benzene rings is 1. The van der Waals surface area contributed by atoms with Crippen LogP contribution in [-0.4, -0.2) is 13.2 Å². The molecular weight excluding hydrogens is 304 g/mol. The third-order valence-corrected chi connectivity index (χ3v) is 4.90. The van der Waals surface area contributed by atoms with E-state index in [1.807, 2.05) is 12.1 Å². The van der Waals surface area contributed by atoms with Crippen molar-refractivity contribution in [2.45, 2.75) is 44.6 Å². The molecule has 0 radical (unpaired) electrons. The molecule has 0 aromatic heterocycles. The number of hydrogen-bond acceptors (Lipinski definition) is 3. The van der Waals surface area contributed by atoms with Gasteiger partial charge in [0.1, 0.15) is 5.75 Å². The minimum absolute atomic E-state index is 0.351. The summed E-state index contributed by atoms with van der Waals surface area (Å²) in [5.74, 6) is 7.37. The Kier molecular flexibility index (Phi) is 5.67. The zero-order chi connectivity index (χ0) is 13.7. The highest BCUT2D eigenvalue weighted by molar-refractivity contribution is 9.10. The van der Waals surface area contributed by atoms with E-state index in [2.05, 4.69) is 27.4 Å². The van der Waals surface area contributed by atoms with Crippen LogP contribution in [0.4, 0.5) is 0 Å². The monoisotopic (exact) mass is 326 g/mol. The zero-order valence-corrected chi connectivity index (χ0v) is 13.1. The average molecular weight is 327 g/mol. The van der Waals surface area contributed by atoms with Crippen molar-refractivity contribution in [1.29, 1.82) is 0 Å². The number of nitrogens with two attached hydrogens (primary N) is 1. The second kappa shape index (κ2) is 7.27. The summed E-state index contributed by atoms with van der Waals surface area (Å²) in [5, 5.41) is 0. The second-order valence-electron chi connectivity index (χ2n) is 5.33. The summed E-state index contributed by atoms with van der Waals surface area (Å²) in [7, 11) is 1.70. The number of hydrazine groups is 1. The molecule has 1 aliphatic rings. The maximum Gasteiger partial charge on any atom is 0.119 e. The van der Waals surface area contributed by atoms with Crippen molar-refractivity contribution >= 4 is 15.9 Å². The van der Waals surface area contributed by atoms with Crippen LogP contribution in [0, 0.1) is 5.92 Å². The molecule has 4 heteroatoms. The Bertz CT molecular complexity index is 405. The van der Waals surface area contributed by atoms with Gasteiger partial charge in [0.25, 0.3) is 0 Å². The minimum Gasteiger partial charge on any atom is -0.497 e. The fourth-order valence-electron chi connectivity index (χ4n) is 2.97. The molecule has 2 rings (SSSR count). The SMILES string of the molecule is COc1ccc(Br)c(CC(NN)C2CCCCC2)c1. The first-order valence-electron chi connectivity index (χ1n) is 7.03. The molecule has 0 bridgehead atoms. The van der Waals surface area contributed by atoms with Gasteiger partial charge in [0.15, 0.2) is 0 Å². The highest BCUT2D eigenvalue weighted by Crippen LogP contribution is 2.30. The predicted molar refractivity (Wildman–Crippen MR) is 82.1 cm³/mol. The van der Waals surface area contributed by atoms with Gasteiger partial charge in [0.05, 0.1) is 7.11 Å². The normalized spacial score (nSPS) is 18.3. The Labute approximate surface area is 124 Å². The summed E-state index contributed by atoms with van der Waals surface area (Å²) in [4.78, 5) is 0. The Hall–Kier alpha value is -0.580. The molecule has 106 valence electrons. The number of rotatable bonds is 5. The lowest BCUT2D eigenvalue weighted by molar-refractivity contribution is 0.268. The van der Waals surface area contributed by atoms with E-state index in [9.17, 15) is 0 Å². The molecule has 1 unspecified atom stereocenters. The summed E-state index contributed by atoms with van der Waals surface area (Å²) in [6.07, 6.45) is 7.56. The van der Waals surface area contributed by atoms with Gasteiger partial charge in [-0.15, -0.1) is 0 Å². The lowest BCUT2D eigenvalue weighted by Gasteiger charge is -2.30. The topological polar surface area (TPSA) is 47.3 Å². The predicted octanol–water partition coefficient (Wildman–Crippen LogP) is 3.41. The molecule has 1 aromatic rings. The summed E-state index contributed by atoms with van der Waals surface area (Å²) in [6, 6.07) is 6.46. The smallest absolute Gasteiger partial charge is 0.119 e. The fraction of sp³-hybridized carbons (Fsp3) is 0.600. The number of ether oxygens (including phenoxy) is 1. The maximum absolute atomic E-state index is 5.78. The first kappa shape index (κ1) is 14.8. The van der Waals surface area contributed by atoms with E-state index >= 15 is 0 Å². The van der Waals surface area contributed by atoms with Crippen molar-refractivity contribution in [1.82, 2.24) is 5.43 Å². The summed E-state index contributed by atoms with van der Waals surface area (Å²) in [5.41, 5.74) is 4.28. The van der Waals surface area contributed by atoms with E-state index in [-0.39, 0.29) is 0 Å². The van der Waals surface area contributed by atoms with E-state index in [0.29, 0.717) is 12.0 Å². The van der Waals surface area contributed by atoms with E-state index in [1.165, 1.54) is 37.7 Å². The van der Waals surface area contributed by atoms with Crippen LogP contribution in [0.3, 0.4) is 0 Å². The van der Waals surface area contributed by atoms with Crippen molar-refractivity contribution in [3.05, 3.63) is 28.2 Å². The largest absolute Gasteiger partial charge is 0.497 e. The quantitative estimate of drug-likeness (QED) is 0.643. The Morgan fingerprint density at radius 3 is 2.74 bits per heavy atom. The molecule has 0 aliphatic heterocycles. The third kappa shape index (κ3) is 3.94.